The van der Waals surface area contributed by atoms with Gasteiger partial charge in [-0.05, 0) is 36.9 Å². The zero-order valence-electron chi connectivity index (χ0n) is 12.1. The van der Waals surface area contributed by atoms with Gasteiger partial charge in [0.25, 0.3) is 0 Å². The van der Waals surface area contributed by atoms with Gasteiger partial charge in [0.1, 0.15) is 6.29 Å². The van der Waals surface area contributed by atoms with E-state index in [1.165, 1.54) is 12.8 Å². The van der Waals surface area contributed by atoms with E-state index in [0.29, 0.717) is 18.4 Å². The maximum Gasteiger partial charge on any atom is 0.192 e. The summed E-state index contributed by atoms with van der Waals surface area (Å²) in [5.41, 5.74) is 0. The Morgan fingerprint density at radius 1 is 1.24 bits per heavy atom. The highest BCUT2D eigenvalue weighted by molar-refractivity contribution is 6.74. The Kier molecular flexibility index (Phi) is 4.96. The van der Waals surface area contributed by atoms with E-state index in [9.17, 15) is 4.79 Å². The average Bonchev–Trinajstić information content (AvgIpc) is 2.19. The highest BCUT2D eigenvalue weighted by atomic mass is 28.4. The van der Waals surface area contributed by atoms with E-state index >= 15 is 0 Å². The van der Waals surface area contributed by atoms with Crippen LogP contribution in [0, 0.1) is 5.92 Å². The monoisotopic (exact) mass is 256 g/mol. The first-order valence-electron chi connectivity index (χ1n) is 6.89. The molecule has 1 rings (SSSR count). The Bertz CT molecular complexity index is 255. The van der Waals surface area contributed by atoms with Gasteiger partial charge in [0.05, 0.1) is 0 Å². The standard InChI is InChI=1S/C14H28O2Si/c1-14(2,3)17(4,5)16-13-9-7-6-8-12(13)10-11-15/h11-13H,6-10H2,1-5H3. The van der Waals surface area contributed by atoms with Gasteiger partial charge in [-0.1, -0.05) is 33.6 Å². The molecule has 0 N–H and O–H groups in total. The smallest absolute Gasteiger partial charge is 0.192 e. The minimum atomic E-state index is -1.68. The summed E-state index contributed by atoms with van der Waals surface area (Å²) in [5, 5.41) is 0.260. The molecule has 0 radical (unpaired) electrons. The number of hydrogen-bond donors (Lipinski definition) is 0. The summed E-state index contributed by atoms with van der Waals surface area (Å²) >= 11 is 0. The third-order valence-corrected chi connectivity index (χ3v) is 8.99. The van der Waals surface area contributed by atoms with Gasteiger partial charge in [0, 0.05) is 12.5 Å². The summed E-state index contributed by atoms with van der Waals surface area (Å²) in [6.45, 7) is 11.4. The molecule has 0 aromatic heterocycles. The fourth-order valence-electron chi connectivity index (χ4n) is 2.28. The van der Waals surface area contributed by atoms with Crippen molar-refractivity contribution in [1.29, 1.82) is 0 Å². The molecule has 0 aromatic carbocycles. The fraction of sp³-hybridized carbons (Fsp3) is 0.929. The van der Waals surface area contributed by atoms with E-state index in [1.807, 2.05) is 0 Å². The van der Waals surface area contributed by atoms with Gasteiger partial charge in [-0.15, -0.1) is 0 Å². The first-order chi connectivity index (χ1) is 7.78. The lowest BCUT2D eigenvalue weighted by Gasteiger charge is -2.42. The maximum atomic E-state index is 10.7. The van der Waals surface area contributed by atoms with Gasteiger partial charge in [-0.3, -0.25) is 0 Å². The molecule has 0 aromatic rings. The molecule has 0 heterocycles. The number of rotatable bonds is 4. The van der Waals surface area contributed by atoms with Crippen LogP contribution >= 0.6 is 0 Å². The lowest BCUT2D eigenvalue weighted by molar-refractivity contribution is -0.109. The Hall–Kier alpha value is -0.153. The lowest BCUT2D eigenvalue weighted by atomic mass is 9.85. The quantitative estimate of drug-likeness (QED) is 0.558. The molecule has 2 nitrogen and oxygen atoms in total. The molecule has 2 atom stereocenters. The lowest BCUT2D eigenvalue weighted by Crippen LogP contribution is -2.46. The molecule has 0 bridgehead atoms. The molecular formula is C14H28O2Si. The van der Waals surface area contributed by atoms with E-state index in [0.717, 1.165) is 19.1 Å². The normalized spacial score (nSPS) is 26.9. The van der Waals surface area contributed by atoms with Crippen molar-refractivity contribution in [1.82, 2.24) is 0 Å². The third-order valence-electron chi connectivity index (χ3n) is 4.49. The predicted molar refractivity (Wildman–Crippen MR) is 74.7 cm³/mol. The molecule has 0 spiro atoms. The molecule has 2 unspecified atom stereocenters. The Morgan fingerprint density at radius 3 is 2.35 bits per heavy atom. The van der Waals surface area contributed by atoms with Crippen LogP contribution < -0.4 is 0 Å². The van der Waals surface area contributed by atoms with Crippen LogP contribution in [0.2, 0.25) is 18.1 Å². The molecule has 100 valence electrons. The van der Waals surface area contributed by atoms with Crippen LogP contribution in [0.25, 0.3) is 0 Å². The fourth-order valence-corrected chi connectivity index (χ4v) is 3.70. The minimum absolute atomic E-state index is 0.260. The zero-order valence-corrected chi connectivity index (χ0v) is 13.1. The van der Waals surface area contributed by atoms with E-state index in [-0.39, 0.29) is 5.04 Å². The van der Waals surface area contributed by atoms with Crippen LogP contribution in [0.3, 0.4) is 0 Å². The minimum Gasteiger partial charge on any atom is -0.414 e. The molecule has 1 fully saturated rings. The molecule has 1 aliphatic carbocycles. The van der Waals surface area contributed by atoms with Crippen molar-refractivity contribution >= 4 is 14.6 Å². The molecule has 0 aliphatic heterocycles. The van der Waals surface area contributed by atoms with Crippen LogP contribution in [0.5, 0.6) is 0 Å². The van der Waals surface area contributed by atoms with Crippen molar-refractivity contribution in [2.24, 2.45) is 5.92 Å². The van der Waals surface area contributed by atoms with Crippen molar-refractivity contribution in [3.8, 4) is 0 Å². The van der Waals surface area contributed by atoms with Gasteiger partial charge in [0.15, 0.2) is 8.32 Å². The van der Waals surface area contributed by atoms with Gasteiger partial charge >= 0.3 is 0 Å². The van der Waals surface area contributed by atoms with Crippen molar-refractivity contribution in [2.45, 2.75) is 77.1 Å². The maximum absolute atomic E-state index is 10.7. The molecule has 3 heteroatoms. The second-order valence-electron chi connectivity index (χ2n) is 6.86. The van der Waals surface area contributed by atoms with Crippen LogP contribution in [0.15, 0.2) is 0 Å². The Labute approximate surface area is 107 Å². The van der Waals surface area contributed by atoms with Gasteiger partial charge < -0.3 is 9.22 Å². The zero-order chi connectivity index (χ0) is 13.1. The summed E-state index contributed by atoms with van der Waals surface area (Å²) in [6, 6.07) is 0. The molecule has 0 amide bonds. The SMILES string of the molecule is CC(C)(C)[Si](C)(C)OC1CCCCC1CC=O. The molecular weight excluding hydrogens is 228 g/mol. The molecule has 1 aliphatic rings. The first kappa shape index (κ1) is 14.9. The van der Waals surface area contributed by atoms with E-state index in [2.05, 4.69) is 33.9 Å². The highest BCUT2D eigenvalue weighted by Crippen LogP contribution is 2.40. The summed E-state index contributed by atoms with van der Waals surface area (Å²) in [7, 11) is -1.68. The van der Waals surface area contributed by atoms with E-state index in [1.54, 1.807) is 0 Å². The second-order valence-corrected chi connectivity index (χ2v) is 11.6. The molecule has 1 saturated carbocycles. The van der Waals surface area contributed by atoms with E-state index in [4.69, 9.17) is 4.43 Å². The Morgan fingerprint density at radius 2 is 1.82 bits per heavy atom. The Balaban J connectivity index is 2.67. The van der Waals surface area contributed by atoms with Gasteiger partial charge in [0.2, 0.25) is 0 Å². The van der Waals surface area contributed by atoms with Crippen LogP contribution in [-0.4, -0.2) is 20.7 Å². The van der Waals surface area contributed by atoms with Crippen LogP contribution in [0.1, 0.15) is 52.9 Å². The average molecular weight is 256 g/mol. The molecule has 0 saturated heterocycles. The van der Waals surface area contributed by atoms with Crippen LogP contribution in [-0.2, 0) is 9.22 Å². The summed E-state index contributed by atoms with van der Waals surface area (Å²) < 4.78 is 6.49. The largest absolute Gasteiger partial charge is 0.414 e. The van der Waals surface area contributed by atoms with Gasteiger partial charge in [-0.2, -0.15) is 0 Å². The topological polar surface area (TPSA) is 26.3 Å². The summed E-state index contributed by atoms with van der Waals surface area (Å²) in [6.07, 6.45) is 6.90. The van der Waals surface area contributed by atoms with Crippen molar-refractivity contribution < 1.29 is 9.22 Å². The van der Waals surface area contributed by atoms with Crippen molar-refractivity contribution in [3.63, 3.8) is 0 Å². The predicted octanol–water partition coefficient (Wildman–Crippen LogP) is 4.16. The van der Waals surface area contributed by atoms with Crippen LogP contribution in [0.4, 0.5) is 0 Å². The second kappa shape index (κ2) is 5.66. The molecule has 17 heavy (non-hydrogen) atoms. The number of carbonyl (C=O) groups excluding carboxylic acids is 1. The van der Waals surface area contributed by atoms with Gasteiger partial charge in [-0.25, -0.2) is 0 Å². The highest BCUT2D eigenvalue weighted by Gasteiger charge is 2.41. The van der Waals surface area contributed by atoms with Crippen molar-refractivity contribution in [3.05, 3.63) is 0 Å². The summed E-state index contributed by atoms with van der Waals surface area (Å²) in [4.78, 5) is 10.7. The number of aldehydes is 1. The number of carbonyl (C=O) groups is 1. The number of hydrogen-bond acceptors (Lipinski definition) is 2. The van der Waals surface area contributed by atoms with E-state index < -0.39 is 8.32 Å². The third kappa shape index (κ3) is 3.92. The summed E-state index contributed by atoms with van der Waals surface area (Å²) in [5.74, 6) is 0.468. The van der Waals surface area contributed by atoms with Crippen molar-refractivity contribution in [2.75, 3.05) is 0 Å². The first-order valence-corrected chi connectivity index (χ1v) is 9.80.